The Morgan fingerprint density at radius 2 is 2.28 bits per heavy atom. The van der Waals surface area contributed by atoms with Crippen LogP contribution in [0.4, 0.5) is 10.5 Å². The maximum Gasteiger partial charge on any atom is 0.323 e. The summed E-state index contributed by atoms with van der Waals surface area (Å²) in [5, 5.41) is 0.686. The van der Waals surface area contributed by atoms with Crippen LogP contribution in [-0.2, 0) is 4.79 Å². The summed E-state index contributed by atoms with van der Waals surface area (Å²) in [6.45, 7) is 0. The van der Waals surface area contributed by atoms with Crippen LogP contribution in [0.1, 0.15) is 0 Å². The van der Waals surface area contributed by atoms with E-state index in [1.807, 2.05) is 0 Å². The zero-order valence-electron chi connectivity index (χ0n) is 9.66. The molecule has 1 aromatic heterocycles. The van der Waals surface area contributed by atoms with E-state index < -0.39 is 6.03 Å². The number of nitrogens with two attached hydrogens (primary N) is 1. The average molecular weight is 245 g/mol. The van der Waals surface area contributed by atoms with Crippen LogP contribution in [-0.4, -0.2) is 30.2 Å². The lowest BCUT2D eigenvalue weighted by molar-refractivity contribution is -0.102. The summed E-state index contributed by atoms with van der Waals surface area (Å²) in [7, 11) is 1.54. The lowest BCUT2D eigenvalue weighted by Gasteiger charge is -2.01. The second kappa shape index (κ2) is 4.70. The van der Waals surface area contributed by atoms with E-state index in [9.17, 15) is 9.59 Å². The molecule has 0 radical (unpaired) electrons. The van der Waals surface area contributed by atoms with E-state index in [-0.39, 0.29) is 0 Å². The van der Waals surface area contributed by atoms with Gasteiger partial charge in [0.15, 0.2) is 6.29 Å². The van der Waals surface area contributed by atoms with Crippen molar-refractivity contribution in [1.29, 1.82) is 0 Å². The van der Waals surface area contributed by atoms with E-state index in [2.05, 4.69) is 4.99 Å². The third-order valence-electron chi connectivity index (χ3n) is 2.50. The molecule has 6 heteroatoms. The first-order valence-corrected chi connectivity index (χ1v) is 5.14. The van der Waals surface area contributed by atoms with Crippen molar-refractivity contribution < 1.29 is 14.3 Å². The molecule has 0 spiro atoms. The van der Waals surface area contributed by atoms with E-state index >= 15 is 0 Å². The minimum Gasteiger partial charge on any atom is -0.497 e. The van der Waals surface area contributed by atoms with Crippen molar-refractivity contribution >= 4 is 35.1 Å². The number of methoxy groups -OCH3 is 1. The molecule has 18 heavy (non-hydrogen) atoms. The van der Waals surface area contributed by atoms with Crippen molar-refractivity contribution in [3.8, 4) is 5.75 Å². The van der Waals surface area contributed by atoms with Gasteiger partial charge in [0.2, 0.25) is 0 Å². The van der Waals surface area contributed by atoms with E-state index in [1.165, 1.54) is 10.8 Å². The molecule has 2 aromatic rings. The first kappa shape index (κ1) is 11.8. The molecular weight excluding hydrogens is 234 g/mol. The number of carbonyl (C=O) groups excluding carboxylic acids is 2. The van der Waals surface area contributed by atoms with Gasteiger partial charge in [-0.3, -0.25) is 14.4 Å². The van der Waals surface area contributed by atoms with Crippen molar-refractivity contribution in [2.24, 2.45) is 10.7 Å². The molecule has 2 N–H and O–H groups in total. The van der Waals surface area contributed by atoms with Gasteiger partial charge in [-0.15, -0.1) is 0 Å². The van der Waals surface area contributed by atoms with Crippen molar-refractivity contribution in [3.05, 3.63) is 24.4 Å². The molecular formula is C12H11N3O3. The molecule has 0 aliphatic rings. The number of benzene rings is 1. The second-order valence-corrected chi connectivity index (χ2v) is 3.52. The number of hydrogen-bond donors (Lipinski definition) is 1. The highest BCUT2D eigenvalue weighted by Gasteiger charge is 2.11. The third-order valence-corrected chi connectivity index (χ3v) is 2.50. The largest absolute Gasteiger partial charge is 0.497 e. The van der Waals surface area contributed by atoms with Crippen LogP contribution in [0.15, 0.2) is 29.4 Å². The molecule has 0 saturated heterocycles. The summed E-state index contributed by atoms with van der Waals surface area (Å²) in [6, 6.07) is 4.54. The fourth-order valence-electron chi connectivity index (χ4n) is 1.71. The topological polar surface area (TPSA) is 86.7 Å². The molecule has 0 aliphatic heterocycles. The number of fused-ring (bicyclic) bond motifs is 1. The number of rotatable bonds is 3. The third kappa shape index (κ3) is 1.95. The number of carbonyl (C=O) groups is 2. The highest BCUT2D eigenvalue weighted by molar-refractivity contribution is 6.14. The predicted molar refractivity (Wildman–Crippen MR) is 67.7 cm³/mol. The van der Waals surface area contributed by atoms with Crippen LogP contribution >= 0.6 is 0 Å². The number of ether oxygens (including phenoxy) is 1. The van der Waals surface area contributed by atoms with Crippen LogP contribution in [0.3, 0.4) is 0 Å². The lowest BCUT2D eigenvalue weighted by atomic mass is 10.2. The molecule has 0 bridgehead atoms. The van der Waals surface area contributed by atoms with E-state index in [0.29, 0.717) is 28.6 Å². The van der Waals surface area contributed by atoms with Crippen molar-refractivity contribution in [1.82, 2.24) is 4.57 Å². The Bertz CT molecular complexity index is 643. The van der Waals surface area contributed by atoms with Crippen LogP contribution < -0.4 is 10.5 Å². The molecule has 0 unspecified atom stereocenters. The van der Waals surface area contributed by atoms with Gasteiger partial charge < -0.3 is 10.5 Å². The molecule has 1 amide bonds. The number of hydrogen-bond acceptors (Lipinski definition) is 4. The van der Waals surface area contributed by atoms with Crippen LogP contribution in [0.5, 0.6) is 5.75 Å². The fraction of sp³-hybridized carbons (Fsp3) is 0.0833. The average Bonchev–Trinajstić information content (AvgIpc) is 2.74. The number of aromatic nitrogens is 1. The molecule has 6 nitrogen and oxygen atoms in total. The molecule has 0 aliphatic carbocycles. The Balaban J connectivity index is 2.72. The zero-order valence-corrected chi connectivity index (χ0v) is 9.66. The van der Waals surface area contributed by atoms with Crippen molar-refractivity contribution in [3.63, 3.8) is 0 Å². The number of amides is 1. The Morgan fingerprint density at radius 1 is 1.50 bits per heavy atom. The Kier molecular flexibility index (Phi) is 3.09. The highest BCUT2D eigenvalue weighted by atomic mass is 16.5. The van der Waals surface area contributed by atoms with Gasteiger partial charge in [-0.05, 0) is 18.2 Å². The predicted octanol–water partition coefficient (Wildman–Crippen LogP) is 1.48. The minimum atomic E-state index is -0.613. The monoisotopic (exact) mass is 245 g/mol. The van der Waals surface area contributed by atoms with Gasteiger partial charge in [-0.1, -0.05) is 0 Å². The van der Waals surface area contributed by atoms with E-state index in [1.54, 1.807) is 25.3 Å². The highest BCUT2D eigenvalue weighted by Crippen LogP contribution is 2.31. The first-order chi connectivity index (χ1) is 8.67. The van der Waals surface area contributed by atoms with Gasteiger partial charge in [0.1, 0.15) is 5.75 Å². The summed E-state index contributed by atoms with van der Waals surface area (Å²) in [5.74, 6) is 0.632. The standard InChI is InChI=1S/C12H11N3O3/c1-18-8-2-3-11-9(6-8)10(14-4-5-16)7-15(11)12(13)17/h2-7H,1H3,(H2,13,17). The van der Waals surface area contributed by atoms with Gasteiger partial charge in [-0.2, -0.15) is 0 Å². The van der Waals surface area contributed by atoms with Gasteiger partial charge in [-0.25, -0.2) is 4.79 Å². The van der Waals surface area contributed by atoms with Gasteiger partial charge in [0.05, 0.1) is 24.5 Å². The Morgan fingerprint density at radius 3 is 2.89 bits per heavy atom. The number of primary amides is 1. The molecule has 0 saturated carbocycles. The van der Waals surface area contributed by atoms with Crippen LogP contribution in [0, 0.1) is 0 Å². The minimum absolute atomic E-state index is 0.481. The number of aldehydes is 1. The molecule has 92 valence electrons. The molecule has 0 fully saturated rings. The second-order valence-electron chi connectivity index (χ2n) is 3.52. The van der Waals surface area contributed by atoms with E-state index in [4.69, 9.17) is 10.5 Å². The fourth-order valence-corrected chi connectivity index (χ4v) is 1.71. The maximum absolute atomic E-state index is 11.3. The molecule has 0 atom stereocenters. The van der Waals surface area contributed by atoms with Gasteiger partial charge in [0, 0.05) is 11.6 Å². The SMILES string of the molecule is COc1ccc2c(c1)c(N=CC=O)cn2C(N)=O. The Hall–Kier alpha value is -2.63. The molecule has 1 heterocycles. The first-order valence-electron chi connectivity index (χ1n) is 5.14. The maximum atomic E-state index is 11.3. The number of aliphatic imine (C=N–C) groups is 1. The van der Waals surface area contributed by atoms with Crippen LogP contribution in [0.2, 0.25) is 0 Å². The van der Waals surface area contributed by atoms with Crippen molar-refractivity contribution in [2.45, 2.75) is 0 Å². The summed E-state index contributed by atoms with van der Waals surface area (Å²) >= 11 is 0. The Labute approximate surface area is 103 Å². The van der Waals surface area contributed by atoms with Gasteiger partial charge >= 0.3 is 6.03 Å². The normalized spacial score (nSPS) is 10.9. The number of nitrogens with zero attached hydrogens (tertiary/aromatic N) is 2. The summed E-state index contributed by atoms with van der Waals surface area (Å²) in [4.78, 5) is 25.5. The zero-order chi connectivity index (χ0) is 13.1. The lowest BCUT2D eigenvalue weighted by Crippen LogP contribution is -2.17. The van der Waals surface area contributed by atoms with Crippen LogP contribution in [0.25, 0.3) is 10.9 Å². The summed E-state index contributed by atoms with van der Waals surface area (Å²) in [5.41, 5.74) is 6.36. The van der Waals surface area contributed by atoms with E-state index in [0.717, 1.165) is 6.21 Å². The van der Waals surface area contributed by atoms with Gasteiger partial charge in [0.25, 0.3) is 0 Å². The summed E-state index contributed by atoms with van der Waals surface area (Å²) < 4.78 is 6.37. The smallest absolute Gasteiger partial charge is 0.323 e. The summed E-state index contributed by atoms with van der Waals surface area (Å²) in [6.07, 6.45) is 3.15. The molecule has 1 aromatic carbocycles. The van der Waals surface area contributed by atoms with Crippen molar-refractivity contribution in [2.75, 3.05) is 7.11 Å². The molecule has 2 rings (SSSR count). The quantitative estimate of drug-likeness (QED) is 0.656.